The maximum Gasteiger partial charge on any atom is 0.315 e. The highest BCUT2D eigenvalue weighted by Gasteiger charge is 2.38. The number of benzene rings is 1. The number of nitrogens with zero attached hydrogens (tertiary/aromatic N) is 1. The van der Waals surface area contributed by atoms with E-state index in [1.807, 2.05) is 6.07 Å². The maximum absolute atomic E-state index is 12.1. The molecule has 1 atom stereocenters. The molecule has 1 unspecified atom stereocenters. The molecule has 0 aliphatic rings. The van der Waals surface area contributed by atoms with Gasteiger partial charge < -0.3 is 14.9 Å². The average Bonchev–Trinajstić information content (AvgIpc) is 2.94. The van der Waals surface area contributed by atoms with E-state index in [2.05, 4.69) is 10.5 Å². The van der Waals surface area contributed by atoms with Gasteiger partial charge >= 0.3 is 5.97 Å². The third-order valence-electron chi connectivity index (χ3n) is 3.95. The average molecular weight is 316 g/mol. The summed E-state index contributed by atoms with van der Waals surface area (Å²) in [5.74, 6) is -0.609. The van der Waals surface area contributed by atoms with Crippen molar-refractivity contribution in [3.8, 4) is 0 Å². The standard InChI is InChI=1S/C17H20N2O4/c1-3-17(16(21)22,13-7-5-4-6-8-13)11-18-15(20)10-14-9-12(2)23-19-14/h4-9H,3,10-11H2,1-2H3,(H,18,20)(H,21,22). The van der Waals surface area contributed by atoms with Crippen LogP contribution in [0.2, 0.25) is 0 Å². The van der Waals surface area contributed by atoms with Crippen LogP contribution in [-0.2, 0) is 21.4 Å². The lowest BCUT2D eigenvalue weighted by molar-refractivity contribution is -0.144. The van der Waals surface area contributed by atoms with Crippen molar-refractivity contribution in [2.45, 2.75) is 32.1 Å². The molecule has 1 amide bonds. The van der Waals surface area contributed by atoms with Gasteiger partial charge in [0.05, 0.1) is 12.1 Å². The minimum Gasteiger partial charge on any atom is -0.481 e. The van der Waals surface area contributed by atoms with Crippen molar-refractivity contribution in [2.75, 3.05) is 6.54 Å². The van der Waals surface area contributed by atoms with Gasteiger partial charge in [-0.05, 0) is 18.9 Å². The molecule has 2 rings (SSSR count). The van der Waals surface area contributed by atoms with Crippen molar-refractivity contribution in [1.29, 1.82) is 0 Å². The molecule has 23 heavy (non-hydrogen) atoms. The van der Waals surface area contributed by atoms with E-state index in [0.717, 1.165) is 0 Å². The zero-order valence-electron chi connectivity index (χ0n) is 13.2. The topological polar surface area (TPSA) is 92.4 Å². The van der Waals surface area contributed by atoms with E-state index in [9.17, 15) is 14.7 Å². The molecule has 122 valence electrons. The van der Waals surface area contributed by atoms with Crippen LogP contribution in [0.3, 0.4) is 0 Å². The van der Waals surface area contributed by atoms with E-state index in [0.29, 0.717) is 23.4 Å². The number of amides is 1. The molecule has 1 heterocycles. The Morgan fingerprint density at radius 1 is 1.30 bits per heavy atom. The number of nitrogens with one attached hydrogen (secondary N) is 1. The van der Waals surface area contributed by atoms with E-state index in [4.69, 9.17) is 4.52 Å². The Kier molecular flexibility index (Phi) is 5.16. The molecule has 6 nitrogen and oxygen atoms in total. The highest BCUT2D eigenvalue weighted by molar-refractivity contribution is 5.84. The van der Waals surface area contributed by atoms with E-state index < -0.39 is 11.4 Å². The van der Waals surface area contributed by atoms with Crippen LogP contribution < -0.4 is 5.32 Å². The van der Waals surface area contributed by atoms with Crippen molar-refractivity contribution in [3.05, 3.63) is 53.4 Å². The number of aryl methyl sites for hydroxylation is 1. The zero-order valence-corrected chi connectivity index (χ0v) is 13.2. The summed E-state index contributed by atoms with van der Waals surface area (Å²) in [6.07, 6.45) is 0.432. The fourth-order valence-electron chi connectivity index (χ4n) is 2.52. The summed E-state index contributed by atoms with van der Waals surface area (Å²) in [4.78, 5) is 23.9. The van der Waals surface area contributed by atoms with E-state index >= 15 is 0 Å². The summed E-state index contributed by atoms with van der Waals surface area (Å²) in [5, 5.41) is 16.2. The Morgan fingerprint density at radius 3 is 2.52 bits per heavy atom. The summed E-state index contributed by atoms with van der Waals surface area (Å²) >= 11 is 0. The molecule has 6 heteroatoms. The van der Waals surface area contributed by atoms with Crippen molar-refractivity contribution in [1.82, 2.24) is 10.5 Å². The van der Waals surface area contributed by atoms with Gasteiger partial charge in [-0.1, -0.05) is 42.4 Å². The smallest absolute Gasteiger partial charge is 0.315 e. The number of aliphatic carboxylic acids is 1. The van der Waals surface area contributed by atoms with Gasteiger partial charge in [0.15, 0.2) is 0 Å². The second kappa shape index (κ2) is 7.09. The second-order valence-electron chi connectivity index (χ2n) is 5.49. The summed E-state index contributed by atoms with van der Waals surface area (Å²) < 4.78 is 4.92. The van der Waals surface area contributed by atoms with Crippen LogP contribution in [0.1, 0.15) is 30.4 Å². The van der Waals surface area contributed by atoms with Gasteiger partial charge in [0.2, 0.25) is 5.91 Å². The molecular formula is C17H20N2O4. The lowest BCUT2D eigenvalue weighted by Gasteiger charge is -2.29. The first-order valence-corrected chi connectivity index (χ1v) is 7.46. The predicted octanol–water partition coefficient (Wildman–Crippen LogP) is 2.07. The Balaban J connectivity index is 2.10. The monoisotopic (exact) mass is 316 g/mol. The first-order valence-electron chi connectivity index (χ1n) is 7.46. The molecular weight excluding hydrogens is 296 g/mol. The van der Waals surface area contributed by atoms with Gasteiger partial charge in [-0.25, -0.2) is 0 Å². The predicted molar refractivity (Wildman–Crippen MR) is 84.0 cm³/mol. The number of rotatable bonds is 7. The third kappa shape index (κ3) is 3.77. The minimum atomic E-state index is -1.14. The number of hydrogen-bond acceptors (Lipinski definition) is 4. The van der Waals surface area contributed by atoms with Gasteiger partial charge in [-0.2, -0.15) is 0 Å². The third-order valence-corrected chi connectivity index (χ3v) is 3.95. The van der Waals surface area contributed by atoms with Crippen LogP contribution in [0.5, 0.6) is 0 Å². The largest absolute Gasteiger partial charge is 0.481 e. The number of aromatic nitrogens is 1. The number of carbonyl (C=O) groups excluding carboxylic acids is 1. The highest BCUT2D eigenvalue weighted by Crippen LogP contribution is 2.27. The molecule has 1 aromatic carbocycles. The first-order chi connectivity index (χ1) is 11.0. The Labute approximate surface area is 134 Å². The van der Waals surface area contributed by atoms with Crippen molar-refractivity contribution >= 4 is 11.9 Å². The van der Waals surface area contributed by atoms with Gasteiger partial charge in [0.1, 0.15) is 11.2 Å². The molecule has 1 aromatic heterocycles. The molecule has 2 N–H and O–H groups in total. The number of carboxylic acid groups (broad SMARTS) is 1. The number of hydrogen-bond donors (Lipinski definition) is 2. The Hall–Kier alpha value is -2.63. The molecule has 0 bridgehead atoms. The Morgan fingerprint density at radius 2 is 2.00 bits per heavy atom. The number of carbonyl (C=O) groups is 2. The molecule has 0 saturated heterocycles. The number of carboxylic acids is 1. The lowest BCUT2D eigenvalue weighted by atomic mass is 9.78. The van der Waals surface area contributed by atoms with Gasteiger partial charge in [-0.15, -0.1) is 0 Å². The van der Waals surface area contributed by atoms with Gasteiger partial charge in [0.25, 0.3) is 0 Å². The van der Waals surface area contributed by atoms with Crippen LogP contribution in [-0.4, -0.2) is 28.7 Å². The van der Waals surface area contributed by atoms with Crippen molar-refractivity contribution in [2.24, 2.45) is 0 Å². The van der Waals surface area contributed by atoms with Crippen molar-refractivity contribution < 1.29 is 19.2 Å². The second-order valence-corrected chi connectivity index (χ2v) is 5.49. The van der Waals surface area contributed by atoms with Crippen LogP contribution in [0.25, 0.3) is 0 Å². The van der Waals surface area contributed by atoms with E-state index in [1.165, 1.54) is 0 Å². The summed E-state index contributed by atoms with van der Waals surface area (Å²) in [6, 6.07) is 10.6. The van der Waals surface area contributed by atoms with Crippen LogP contribution in [0.15, 0.2) is 40.9 Å². The van der Waals surface area contributed by atoms with Gasteiger partial charge in [0, 0.05) is 12.6 Å². The summed E-state index contributed by atoms with van der Waals surface area (Å²) in [5.41, 5.74) is 0.0566. The summed E-state index contributed by atoms with van der Waals surface area (Å²) in [6.45, 7) is 3.57. The maximum atomic E-state index is 12.1. The van der Waals surface area contributed by atoms with E-state index in [-0.39, 0.29) is 18.9 Å². The quantitative estimate of drug-likeness (QED) is 0.816. The minimum absolute atomic E-state index is 0.0263. The summed E-state index contributed by atoms with van der Waals surface area (Å²) in [7, 11) is 0. The SMILES string of the molecule is CCC(CNC(=O)Cc1cc(C)on1)(C(=O)O)c1ccccc1. The lowest BCUT2D eigenvalue weighted by Crippen LogP contribution is -2.46. The van der Waals surface area contributed by atoms with Crippen LogP contribution in [0.4, 0.5) is 0 Å². The zero-order chi connectivity index (χ0) is 16.9. The highest BCUT2D eigenvalue weighted by atomic mass is 16.5. The normalized spacial score (nSPS) is 13.3. The molecule has 0 aliphatic heterocycles. The van der Waals surface area contributed by atoms with Gasteiger partial charge in [-0.3, -0.25) is 9.59 Å². The molecule has 0 radical (unpaired) electrons. The molecule has 0 saturated carbocycles. The first kappa shape index (κ1) is 16.7. The fraction of sp³-hybridized carbons (Fsp3) is 0.353. The van der Waals surface area contributed by atoms with Crippen LogP contribution in [0, 0.1) is 6.92 Å². The molecule has 2 aromatic rings. The van der Waals surface area contributed by atoms with E-state index in [1.54, 1.807) is 44.2 Å². The van der Waals surface area contributed by atoms with Crippen LogP contribution >= 0.6 is 0 Å². The molecule has 0 spiro atoms. The Bertz CT molecular complexity index is 681. The molecule has 0 aliphatic carbocycles. The molecule has 0 fully saturated rings. The fourth-order valence-corrected chi connectivity index (χ4v) is 2.52. The van der Waals surface area contributed by atoms with Crippen molar-refractivity contribution in [3.63, 3.8) is 0 Å².